The van der Waals surface area contributed by atoms with Crippen LogP contribution in [0.1, 0.15) is 44.8 Å². The van der Waals surface area contributed by atoms with E-state index in [9.17, 15) is 9.50 Å². The van der Waals surface area contributed by atoms with Gasteiger partial charge in [-0.3, -0.25) is 5.10 Å². The fourth-order valence-electron chi connectivity index (χ4n) is 2.51. The van der Waals surface area contributed by atoms with E-state index in [-0.39, 0.29) is 5.82 Å². The Morgan fingerprint density at radius 3 is 2.65 bits per heavy atom. The van der Waals surface area contributed by atoms with E-state index in [2.05, 4.69) is 24.0 Å². The molecule has 1 heterocycles. The number of hydrogen-bond acceptors (Lipinski definition) is 2. The SMILES string of the molecule is CCCC(C)CC(O)c1cn[nH]c1-c1ccc(F)cc1. The zero-order chi connectivity index (χ0) is 14.5. The zero-order valence-corrected chi connectivity index (χ0v) is 11.9. The summed E-state index contributed by atoms with van der Waals surface area (Å²) in [4.78, 5) is 0. The summed E-state index contributed by atoms with van der Waals surface area (Å²) >= 11 is 0. The number of hydrogen-bond donors (Lipinski definition) is 2. The van der Waals surface area contributed by atoms with Crippen molar-refractivity contribution in [3.05, 3.63) is 41.8 Å². The number of aliphatic hydroxyl groups excluding tert-OH is 1. The topological polar surface area (TPSA) is 48.9 Å². The molecule has 0 aliphatic carbocycles. The van der Waals surface area contributed by atoms with Crippen LogP contribution in [0, 0.1) is 11.7 Å². The Bertz CT molecular complexity index is 536. The molecule has 0 amide bonds. The van der Waals surface area contributed by atoms with Gasteiger partial charge in [-0.05, 0) is 36.6 Å². The van der Waals surface area contributed by atoms with Gasteiger partial charge in [0.2, 0.25) is 0 Å². The second kappa shape index (κ2) is 6.66. The number of nitrogens with zero attached hydrogens (tertiary/aromatic N) is 1. The van der Waals surface area contributed by atoms with E-state index in [1.807, 2.05) is 0 Å². The fraction of sp³-hybridized carbons (Fsp3) is 0.438. The average Bonchev–Trinajstić information content (AvgIpc) is 2.89. The molecule has 3 nitrogen and oxygen atoms in total. The van der Waals surface area contributed by atoms with E-state index in [0.717, 1.165) is 29.7 Å². The van der Waals surface area contributed by atoms with Crippen LogP contribution in [0.4, 0.5) is 4.39 Å². The summed E-state index contributed by atoms with van der Waals surface area (Å²) in [5.41, 5.74) is 2.38. The number of rotatable bonds is 6. The van der Waals surface area contributed by atoms with Gasteiger partial charge in [0.15, 0.2) is 0 Å². The van der Waals surface area contributed by atoms with E-state index in [4.69, 9.17) is 0 Å². The van der Waals surface area contributed by atoms with Crippen molar-refractivity contribution in [1.82, 2.24) is 10.2 Å². The highest BCUT2D eigenvalue weighted by Crippen LogP contribution is 2.30. The summed E-state index contributed by atoms with van der Waals surface area (Å²) < 4.78 is 13.0. The summed E-state index contributed by atoms with van der Waals surface area (Å²) in [7, 11) is 0. The highest BCUT2D eigenvalue weighted by Gasteiger charge is 2.18. The van der Waals surface area contributed by atoms with Crippen molar-refractivity contribution in [3.63, 3.8) is 0 Å². The van der Waals surface area contributed by atoms with Crippen molar-refractivity contribution in [2.24, 2.45) is 5.92 Å². The molecular formula is C16H21FN2O. The Balaban J connectivity index is 2.17. The molecule has 108 valence electrons. The molecule has 4 heteroatoms. The Morgan fingerprint density at radius 2 is 2.00 bits per heavy atom. The minimum Gasteiger partial charge on any atom is -0.388 e. The summed E-state index contributed by atoms with van der Waals surface area (Å²) in [5, 5.41) is 17.3. The molecule has 0 saturated heterocycles. The minimum atomic E-state index is -0.546. The number of H-pyrrole nitrogens is 1. The van der Waals surface area contributed by atoms with E-state index in [1.165, 1.54) is 12.1 Å². The molecular weight excluding hydrogens is 255 g/mol. The van der Waals surface area contributed by atoms with Crippen LogP contribution < -0.4 is 0 Å². The normalized spacial score (nSPS) is 14.2. The molecule has 0 aliphatic heterocycles. The molecule has 0 radical (unpaired) electrons. The first kappa shape index (κ1) is 14.7. The summed E-state index contributed by atoms with van der Waals surface area (Å²) in [6.07, 6.45) is 4.03. The smallest absolute Gasteiger partial charge is 0.123 e. The lowest BCUT2D eigenvalue weighted by Gasteiger charge is -2.16. The maximum atomic E-state index is 13.0. The van der Waals surface area contributed by atoms with Crippen molar-refractivity contribution < 1.29 is 9.50 Å². The van der Waals surface area contributed by atoms with Crippen molar-refractivity contribution in [2.75, 3.05) is 0 Å². The van der Waals surface area contributed by atoms with Gasteiger partial charge >= 0.3 is 0 Å². The van der Waals surface area contributed by atoms with Gasteiger partial charge in [0, 0.05) is 11.1 Å². The molecule has 2 unspecified atom stereocenters. The highest BCUT2D eigenvalue weighted by atomic mass is 19.1. The second-order valence-corrected chi connectivity index (χ2v) is 5.35. The van der Waals surface area contributed by atoms with Crippen molar-refractivity contribution in [1.29, 1.82) is 0 Å². The number of aromatic amines is 1. The van der Waals surface area contributed by atoms with E-state index in [1.54, 1.807) is 18.3 Å². The maximum Gasteiger partial charge on any atom is 0.123 e. The standard InChI is InChI=1S/C16H21FN2O/c1-3-4-11(2)9-15(20)14-10-18-19-16(14)12-5-7-13(17)8-6-12/h5-8,10-11,15,20H,3-4,9H2,1-2H3,(H,18,19). The third-order valence-electron chi connectivity index (χ3n) is 3.57. The van der Waals surface area contributed by atoms with E-state index in [0.29, 0.717) is 12.3 Å². The molecule has 0 saturated carbocycles. The molecule has 2 aromatic rings. The largest absolute Gasteiger partial charge is 0.388 e. The predicted molar refractivity (Wildman–Crippen MR) is 77.6 cm³/mol. The molecule has 2 atom stereocenters. The van der Waals surface area contributed by atoms with Crippen molar-refractivity contribution >= 4 is 0 Å². The Kier molecular flexibility index (Phi) is 4.90. The van der Waals surface area contributed by atoms with Crippen LogP contribution in [0.5, 0.6) is 0 Å². The first-order valence-corrected chi connectivity index (χ1v) is 7.09. The molecule has 1 aromatic heterocycles. The Hall–Kier alpha value is -1.68. The summed E-state index contributed by atoms with van der Waals surface area (Å²) in [6, 6.07) is 6.20. The van der Waals surface area contributed by atoms with Gasteiger partial charge < -0.3 is 5.11 Å². The molecule has 20 heavy (non-hydrogen) atoms. The first-order valence-electron chi connectivity index (χ1n) is 7.09. The quantitative estimate of drug-likeness (QED) is 0.835. The monoisotopic (exact) mass is 276 g/mol. The number of halogens is 1. The molecule has 2 N–H and O–H groups in total. The lowest BCUT2D eigenvalue weighted by atomic mass is 9.94. The van der Waals surface area contributed by atoms with Crippen LogP contribution in [0.3, 0.4) is 0 Å². The van der Waals surface area contributed by atoms with Gasteiger partial charge in [-0.1, -0.05) is 26.7 Å². The highest BCUT2D eigenvalue weighted by molar-refractivity contribution is 5.62. The lowest BCUT2D eigenvalue weighted by molar-refractivity contribution is 0.145. The van der Waals surface area contributed by atoms with Crippen LogP contribution in [0.15, 0.2) is 30.5 Å². The van der Waals surface area contributed by atoms with Crippen LogP contribution in [0.2, 0.25) is 0 Å². The number of benzene rings is 1. The van der Waals surface area contributed by atoms with Gasteiger partial charge in [0.05, 0.1) is 18.0 Å². The Morgan fingerprint density at radius 1 is 1.30 bits per heavy atom. The second-order valence-electron chi connectivity index (χ2n) is 5.35. The first-order chi connectivity index (χ1) is 9.61. The van der Waals surface area contributed by atoms with Crippen LogP contribution in [-0.4, -0.2) is 15.3 Å². The van der Waals surface area contributed by atoms with E-state index >= 15 is 0 Å². The van der Waals surface area contributed by atoms with Crippen molar-refractivity contribution in [3.8, 4) is 11.3 Å². The number of aliphatic hydroxyl groups is 1. The zero-order valence-electron chi connectivity index (χ0n) is 11.9. The third kappa shape index (κ3) is 3.45. The molecule has 2 rings (SSSR count). The lowest BCUT2D eigenvalue weighted by Crippen LogP contribution is -2.05. The molecule has 0 spiro atoms. The van der Waals surface area contributed by atoms with E-state index < -0.39 is 6.10 Å². The molecule has 0 aliphatic rings. The summed E-state index contributed by atoms with van der Waals surface area (Å²) in [6.45, 7) is 4.29. The summed E-state index contributed by atoms with van der Waals surface area (Å²) in [5.74, 6) is 0.192. The van der Waals surface area contributed by atoms with Crippen LogP contribution >= 0.6 is 0 Å². The number of aromatic nitrogens is 2. The minimum absolute atomic E-state index is 0.271. The number of nitrogens with one attached hydrogen (secondary N) is 1. The fourth-order valence-corrected chi connectivity index (χ4v) is 2.51. The molecule has 1 aromatic carbocycles. The Labute approximate surface area is 118 Å². The van der Waals surface area contributed by atoms with Crippen molar-refractivity contribution in [2.45, 2.75) is 39.2 Å². The average molecular weight is 276 g/mol. The third-order valence-corrected chi connectivity index (χ3v) is 3.57. The van der Waals surface area contributed by atoms with Gasteiger partial charge in [-0.25, -0.2) is 4.39 Å². The van der Waals surface area contributed by atoms with Gasteiger partial charge in [0.25, 0.3) is 0 Å². The van der Waals surface area contributed by atoms with Gasteiger partial charge in [0.1, 0.15) is 5.82 Å². The maximum absolute atomic E-state index is 13.0. The van der Waals surface area contributed by atoms with Crippen LogP contribution in [-0.2, 0) is 0 Å². The molecule has 0 fully saturated rings. The van der Waals surface area contributed by atoms with Crippen LogP contribution in [0.25, 0.3) is 11.3 Å². The molecule has 0 bridgehead atoms. The van der Waals surface area contributed by atoms with Gasteiger partial charge in [-0.2, -0.15) is 5.10 Å². The predicted octanol–water partition coefficient (Wildman–Crippen LogP) is 4.08. The van der Waals surface area contributed by atoms with Gasteiger partial charge in [-0.15, -0.1) is 0 Å².